The van der Waals surface area contributed by atoms with Gasteiger partial charge in [0.1, 0.15) is 10.6 Å². The number of anilines is 2. The first-order valence-electron chi connectivity index (χ1n) is 9.66. The Balaban J connectivity index is 1.61. The molecule has 4 rings (SSSR count). The van der Waals surface area contributed by atoms with Crippen LogP contribution in [0.5, 0.6) is 0 Å². The van der Waals surface area contributed by atoms with E-state index in [1.807, 2.05) is 30.3 Å². The summed E-state index contributed by atoms with van der Waals surface area (Å²) >= 11 is 6.60. The molecule has 2 aromatic heterocycles. The molecule has 2 aromatic carbocycles. The minimum atomic E-state index is -4.71. The molecular weight excluding hydrogens is 489 g/mol. The maximum absolute atomic E-state index is 13.2. The van der Waals surface area contributed by atoms with Crippen LogP contribution in [0.15, 0.2) is 69.9 Å². The summed E-state index contributed by atoms with van der Waals surface area (Å²) in [5.41, 5.74) is -0.991. The summed E-state index contributed by atoms with van der Waals surface area (Å²) in [6, 6.07) is 15.3. The highest BCUT2D eigenvalue weighted by molar-refractivity contribution is 7.80. The third-order valence-electron chi connectivity index (χ3n) is 4.73. The zero-order chi connectivity index (χ0) is 24.5. The normalized spacial score (nSPS) is 11.3. The van der Waals surface area contributed by atoms with Gasteiger partial charge in [-0.2, -0.15) is 13.2 Å². The lowest BCUT2D eigenvalue weighted by Gasteiger charge is -2.12. The van der Waals surface area contributed by atoms with E-state index >= 15 is 0 Å². The van der Waals surface area contributed by atoms with Gasteiger partial charge in [-0.3, -0.25) is 0 Å². The predicted molar refractivity (Wildman–Crippen MR) is 128 cm³/mol. The van der Waals surface area contributed by atoms with Crippen molar-refractivity contribution >= 4 is 56.3 Å². The number of rotatable bonds is 4. The summed E-state index contributed by atoms with van der Waals surface area (Å²) in [7, 11) is 1.26. The van der Waals surface area contributed by atoms with Crippen molar-refractivity contribution < 1.29 is 27.1 Å². The van der Waals surface area contributed by atoms with Gasteiger partial charge >= 0.3 is 17.8 Å². The van der Waals surface area contributed by atoms with Crippen molar-refractivity contribution in [2.24, 2.45) is 0 Å². The number of benzene rings is 2. The van der Waals surface area contributed by atoms with Gasteiger partial charge in [-0.25, -0.2) is 9.59 Å². The second kappa shape index (κ2) is 9.27. The van der Waals surface area contributed by atoms with Crippen LogP contribution in [0, 0.1) is 0 Å². The van der Waals surface area contributed by atoms with Crippen LogP contribution in [0.3, 0.4) is 0 Å². The smallest absolute Gasteiger partial charge is 0.417 e. The van der Waals surface area contributed by atoms with Gasteiger partial charge < -0.3 is 19.8 Å². The SMILES string of the molecule is COC(=O)c1cc(-c2ccccc2)sc1NC(=S)Nc1ccc2c(C(F)(F)F)cc(=O)oc2c1. The Bertz CT molecular complexity index is 1450. The minimum Gasteiger partial charge on any atom is -0.465 e. The van der Waals surface area contributed by atoms with E-state index in [1.54, 1.807) is 6.07 Å². The van der Waals surface area contributed by atoms with Crippen LogP contribution >= 0.6 is 23.6 Å². The third kappa shape index (κ3) is 4.95. The average molecular weight is 505 g/mol. The fourth-order valence-corrected chi connectivity index (χ4v) is 4.57. The van der Waals surface area contributed by atoms with Crippen LogP contribution in [-0.4, -0.2) is 18.2 Å². The fourth-order valence-electron chi connectivity index (χ4n) is 3.23. The number of alkyl halides is 3. The molecule has 0 fully saturated rings. The number of nitrogens with one attached hydrogen (secondary N) is 2. The maximum Gasteiger partial charge on any atom is 0.417 e. The van der Waals surface area contributed by atoms with E-state index < -0.39 is 23.3 Å². The zero-order valence-electron chi connectivity index (χ0n) is 17.4. The van der Waals surface area contributed by atoms with Crippen molar-refractivity contribution in [3.63, 3.8) is 0 Å². The number of halogens is 3. The number of ether oxygens (including phenoxy) is 1. The van der Waals surface area contributed by atoms with Gasteiger partial charge in [-0.05, 0) is 36.0 Å². The molecule has 11 heteroatoms. The Morgan fingerprint density at radius 2 is 1.79 bits per heavy atom. The first-order chi connectivity index (χ1) is 16.2. The van der Waals surface area contributed by atoms with Crippen LogP contribution in [0.25, 0.3) is 21.4 Å². The largest absolute Gasteiger partial charge is 0.465 e. The first-order valence-corrected chi connectivity index (χ1v) is 10.9. The fraction of sp³-hybridized carbons (Fsp3) is 0.0870. The Morgan fingerprint density at radius 1 is 1.06 bits per heavy atom. The van der Waals surface area contributed by atoms with E-state index in [9.17, 15) is 22.8 Å². The molecular formula is C23H15F3N2O4S2. The Morgan fingerprint density at radius 3 is 2.47 bits per heavy atom. The molecule has 0 saturated heterocycles. The van der Waals surface area contributed by atoms with Crippen LogP contribution in [0.2, 0.25) is 0 Å². The Kier molecular flexibility index (Phi) is 6.40. The second-order valence-corrected chi connectivity index (χ2v) is 8.44. The predicted octanol–water partition coefficient (Wildman–Crippen LogP) is 6.14. The first kappa shape index (κ1) is 23.5. The molecule has 174 valence electrons. The number of methoxy groups -OCH3 is 1. The average Bonchev–Trinajstić information content (AvgIpc) is 3.21. The van der Waals surface area contributed by atoms with Crippen molar-refractivity contribution in [3.05, 3.63) is 82.2 Å². The minimum absolute atomic E-state index is 0.0697. The lowest BCUT2D eigenvalue weighted by molar-refractivity contribution is -0.136. The van der Waals surface area contributed by atoms with Crippen molar-refractivity contribution in [1.82, 2.24) is 0 Å². The molecule has 0 bridgehead atoms. The molecule has 2 heterocycles. The van der Waals surface area contributed by atoms with Gasteiger partial charge in [0, 0.05) is 28.1 Å². The summed E-state index contributed by atoms with van der Waals surface area (Å²) in [5.74, 6) is -0.559. The molecule has 0 amide bonds. The molecule has 2 N–H and O–H groups in total. The highest BCUT2D eigenvalue weighted by atomic mass is 32.1. The molecule has 4 aromatic rings. The Labute approximate surface area is 200 Å². The van der Waals surface area contributed by atoms with E-state index in [1.165, 1.54) is 36.6 Å². The van der Waals surface area contributed by atoms with E-state index in [4.69, 9.17) is 21.4 Å². The standard InChI is InChI=1S/C23H15F3N2O4S2/c1-31-21(30)15-10-18(12-5-3-2-4-6-12)34-20(15)28-22(33)27-13-7-8-14-16(23(24,25)26)11-19(29)32-17(14)9-13/h2-11H,1H3,(H2,27,28,33). The molecule has 0 atom stereocenters. The van der Waals surface area contributed by atoms with Crippen LogP contribution < -0.4 is 16.3 Å². The molecule has 0 aliphatic heterocycles. The summed E-state index contributed by atoms with van der Waals surface area (Å²) in [4.78, 5) is 24.7. The monoisotopic (exact) mass is 504 g/mol. The van der Waals surface area contributed by atoms with E-state index in [0.29, 0.717) is 11.1 Å². The molecule has 34 heavy (non-hydrogen) atoms. The van der Waals surface area contributed by atoms with Crippen LogP contribution in [0.4, 0.5) is 23.9 Å². The quantitative estimate of drug-likeness (QED) is 0.196. The lowest BCUT2D eigenvalue weighted by Crippen LogP contribution is -2.20. The van der Waals surface area contributed by atoms with Gasteiger partial charge in [0.15, 0.2) is 5.11 Å². The van der Waals surface area contributed by atoms with E-state index in [-0.39, 0.29) is 27.3 Å². The number of carbonyl (C=O) groups excluding carboxylic acids is 1. The van der Waals surface area contributed by atoms with E-state index in [2.05, 4.69) is 10.6 Å². The second-order valence-electron chi connectivity index (χ2n) is 6.98. The van der Waals surface area contributed by atoms with Crippen molar-refractivity contribution in [2.45, 2.75) is 6.18 Å². The molecule has 0 aliphatic carbocycles. The third-order valence-corrected chi connectivity index (χ3v) is 6.03. The van der Waals surface area contributed by atoms with Crippen molar-refractivity contribution in [3.8, 4) is 10.4 Å². The molecule has 0 saturated carbocycles. The number of hydrogen-bond acceptors (Lipinski definition) is 6. The lowest BCUT2D eigenvalue weighted by atomic mass is 10.1. The highest BCUT2D eigenvalue weighted by Crippen LogP contribution is 2.37. The van der Waals surface area contributed by atoms with Crippen LogP contribution in [-0.2, 0) is 10.9 Å². The number of carbonyl (C=O) groups is 1. The van der Waals surface area contributed by atoms with Gasteiger partial charge in [0.25, 0.3) is 0 Å². The summed E-state index contributed by atoms with van der Waals surface area (Å²) in [6.45, 7) is 0. The van der Waals surface area contributed by atoms with Gasteiger partial charge in [-0.15, -0.1) is 11.3 Å². The van der Waals surface area contributed by atoms with Crippen molar-refractivity contribution in [2.75, 3.05) is 17.7 Å². The summed E-state index contributed by atoms with van der Waals surface area (Å²) < 4.78 is 49.5. The number of hydrogen-bond donors (Lipinski definition) is 2. The number of fused-ring (bicyclic) bond motifs is 1. The summed E-state index contributed by atoms with van der Waals surface area (Å²) in [6.07, 6.45) is -4.71. The van der Waals surface area contributed by atoms with Crippen LogP contribution in [0.1, 0.15) is 15.9 Å². The maximum atomic E-state index is 13.2. The topological polar surface area (TPSA) is 80.6 Å². The highest BCUT2D eigenvalue weighted by Gasteiger charge is 2.33. The number of thiocarbonyl (C=S) groups is 1. The Hall–Kier alpha value is -3.70. The molecule has 0 radical (unpaired) electrons. The van der Waals surface area contributed by atoms with Gasteiger partial charge in [0.2, 0.25) is 0 Å². The van der Waals surface area contributed by atoms with E-state index in [0.717, 1.165) is 10.4 Å². The molecule has 0 spiro atoms. The van der Waals surface area contributed by atoms with Gasteiger partial charge in [-0.1, -0.05) is 30.3 Å². The molecule has 0 unspecified atom stereocenters. The molecule has 0 aliphatic rings. The van der Waals surface area contributed by atoms with Gasteiger partial charge in [0.05, 0.1) is 18.2 Å². The number of thiophene rings is 1. The van der Waals surface area contributed by atoms with Crippen molar-refractivity contribution in [1.29, 1.82) is 0 Å². The zero-order valence-corrected chi connectivity index (χ0v) is 19.0. The summed E-state index contributed by atoms with van der Waals surface area (Å²) in [5, 5.41) is 5.99. The number of esters is 1. The molecule has 6 nitrogen and oxygen atoms in total.